The number of carboxylic acid groups (broad SMARTS) is 1. The van der Waals surface area contributed by atoms with Crippen LogP contribution >= 0.6 is 0 Å². The minimum atomic E-state index is -1.15. The highest BCUT2D eigenvalue weighted by Crippen LogP contribution is 1.95. The Morgan fingerprint density at radius 3 is 2.87 bits per heavy atom. The largest absolute Gasteiger partial charge is 0.480 e. The molecule has 0 spiro atoms. The van der Waals surface area contributed by atoms with Crippen molar-refractivity contribution in [2.24, 2.45) is 12.8 Å². The Kier molecular flexibility index (Phi) is 3.40. The lowest BCUT2D eigenvalue weighted by molar-refractivity contribution is -0.138. The van der Waals surface area contributed by atoms with Gasteiger partial charge in [0.25, 0.3) is 5.91 Å². The van der Waals surface area contributed by atoms with Crippen molar-refractivity contribution >= 4 is 11.9 Å². The Labute approximate surface area is 85.9 Å². The Bertz CT molecular complexity index is 374. The number of hydrogen-bond acceptors (Lipinski definition) is 4. The molecule has 7 heteroatoms. The Balaban J connectivity index is 2.51. The van der Waals surface area contributed by atoms with Crippen LogP contribution in [0.15, 0.2) is 12.5 Å². The van der Waals surface area contributed by atoms with Gasteiger partial charge in [0.1, 0.15) is 11.7 Å². The third kappa shape index (κ3) is 2.78. The van der Waals surface area contributed by atoms with Crippen molar-refractivity contribution < 1.29 is 14.7 Å². The molecule has 7 nitrogen and oxygen atoms in total. The highest BCUT2D eigenvalue weighted by Gasteiger charge is 2.14. The second kappa shape index (κ2) is 4.56. The van der Waals surface area contributed by atoms with E-state index in [1.54, 1.807) is 7.05 Å². The van der Waals surface area contributed by atoms with E-state index in [-0.39, 0.29) is 6.54 Å². The maximum absolute atomic E-state index is 11.4. The Morgan fingerprint density at radius 1 is 1.73 bits per heavy atom. The number of carbonyl (C=O) groups is 2. The third-order valence-corrected chi connectivity index (χ3v) is 1.85. The smallest absolute Gasteiger partial charge is 0.322 e. The SMILES string of the molecule is Cn1cncc1C(=O)NCC(N)C(=O)O. The number of amides is 1. The number of aryl methyl sites for hydroxylation is 1. The summed E-state index contributed by atoms with van der Waals surface area (Å²) >= 11 is 0. The molecule has 0 aliphatic rings. The summed E-state index contributed by atoms with van der Waals surface area (Å²) in [6.45, 7) is -0.112. The van der Waals surface area contributed by atoms with Crippen molar-refractivity contribution in [2.45, 2.75) is 6.04 Å². The van der Waals surface area contributed by atoms with E-state index in [0.717, 1.165) is 0 Å². The molecule has 1 heterocycles. The molecule has 1 aromatic heterocycles. The van der Waals surface area contributed by atoms with Crippen molar-refractivity contribution in [3.8, 4) is 0 Å². The standard InChI is InChI=1S/C8H12N4O3/c1-12-4-10-3-6(12)7(13)11-2-5(9)8(14)15/h3-5H,2,9H2,1H3,(H,11,13)(H,14,15). The number of imidazole rings is 1. The van der Waals surface area contributed by atoms with E-state index in [9.17, 15) is 9.59 Å². The summed E-state index contributed by atoms with van der Waals surface area (Å²) in [6, 6.07) is -1.10. The topological polar surface area (TPSA) is 110 Å². The third-order valence-electron chi connectivity index (χ3n) is 1.85. The van der Waals surface area contributed by atoms with Gasteiger partial charge in [0.05, 0.1) is 12.5 Å². The van der Waals surface area contributed by atoms with Gasteiger partial charge in [-0.2, -0.15) is 0 Å². The second-order valence-corrected chi connectivity index (χ2v) is 3.04. The molecule has 4 N–H and O–H groups in total. The summed E-state index contributed by atoms with van der Waals surface area (Å²) in [7, 11) is 1.67. The zero-order chi connectivity index (χ0) is 11.4. The molecule has 15 heavy (non-hydrogen) atoms. The molecule has 1 amide bonds. The van der Waals surface area contributed by atoms with Gasteiger partial charge in [0.2, 0.25) is 0 Å². The number of nitrogens with zero attached hydrogens (tertiary/aromatic N) is 2. The maximum atomic E-state index is 11.4. The van der Waals surface area contributed by atoms with E-state index in [1.165, 1.54) is 17.1 Å². The molecular weight excluding hydrogens is 200 g/mol. The van der Waals surface area contributed by atoms with E-state index in [1.807, 2.05) is 0 Å². The van der Waals surface area contributed by atoms with Crippen LogP contribution in [-0.4, -0.2) is 39.1 Å². The first kappa shape index (κ1) is 11.2. The van der Waals surface area contributed by atoms with Gasteiger partial charge in [0.15, 0.2) is 0 Å². The lowest BCUT2D eigenvalue weighted by Gasteiger charge is -2.08. The molecule has 0 fully saturated rings. The normalized spacial score (nSPS) is 12.1. The average molecular weight is 212 g/mol. The zero-order valence-electron chi connectivity index (χ0n) is 8.17. The molecule has 1 rings (SSSR count). The molecule has 0 saturated carbocycles. The molecule has 0 bridgehead atoms. The molecule has 0 aliphatic heterocycles. The van der Waals surface area contributed by atoms with Crippen LogP contribution in [0.1, 0.15) is 10.5 Å². The minimum absolute atomic E-state index is 0.112. The van der Waals surface area contributed by atoms with Crippen LogP contribution in [0.25, 0.3) is 0 Å². The summed E-state index contributed by atoms with van der Waals surface area (Å²) in [5.41, 5.74) is 5.57. The molecule has 1 unspecified atom stereocenters. The Hall–Kier alpha value is -1.89. The lowest BCUT2D eigenvalue weighted by atomic mass is 10.3. The first-order chi connectivity index (χ1) is 7.02. The summed E-state index contributed by atoms with van der Waals surface area (Å²) in [6.07, 6.45) is 2.87. The van der Waals surface area contributed by atoms with Gasteiger partial charge in [-0.15, -0.1) is 0 Å². The number of aliphatic carboxylic acids is 1. The van der Waals surface area contributed by atoms with Crippen molar-refractivity contribution in [3.63, 3.8) is 0 Å². The highest BCUT2D eigenvalue weighted by molar-refractivity contribution is 5.92. The van der Waals surface area contributed by atoms with Gasteiger partial charge in [-0.05, 0) is 0 Å². The van der Waals surface area contributed by atoms with Gasteiger partial charge in [-0.1, -0.05) is 0 Å². The van der Waals surface area contributed by atoms with E-state index in [2.05, 4.69) is 10.3 Å². The van der Waals surface area contributed by atoms with E-state index in [0.29, 0.717) is 5.69 Å². The summed E-state index contributed by atoms with van der Waals surface area (Å²) in [4.78, 5) is 25.6. The first-order valence-electron chi connectivity index (χ1n) is 4.25. The quantitative estimate of drug-likeness (QED) is 0.566. The predicted molar refractivity (Wildman–Crippen MR) is 51.2 cm³/mol. The number of nitrogens with two attached hydrogens (primary N) is 1. The minimum Gasteiger partial charge on any atom is -0.480 e. The van der Waals surface area contributed by atoms with Crippen molar-refractivity contribution in [1.82, 2.24) is 14.9 Å². The Morgan fingerprint density at radius 2 is 2.40 bits per heavy atom. The van der Waals surface area contributed by atoms with Crippen LogP contribution in [0.4, 0.5) is 0 Å². The fourth-order valence-electron chi connectivity index (χ4n) is 0.957. The monoisotopic (exact) mass is 212 g/mol. The fraction of sp³-hybridized carbons (Fsp3) is 0.375. The molecule has 0 aliphatic carbocycles. The molecule has 1 atom stereocenters. The van der Waals surface area contributed by atoms with Gasteiger partial charge in [-0.3, -0.25) is 9.59 Å². The number of hydrogen-bond donors (Lipinski definition) is 3. The number of carboxylic acids is 1. The summed E-state index contributed by atoms with van der Waals surface area (Å²) in [5.74, 6) is -1.55. The molecule has 82 valence electrons. The van der Waals surface area contributed by atoms with Crippen LogP contribution in [0.3, 0.4) is 0 Å². The average Bonchev–Trinajstić information content (AvgIpc) is 2.60. The number of carbonyl (C=O) groups excluding carboxylic acids is 1. The van der Waals surface area contributed by atoms with E-state index < -0.39 is 17.9 Å². The van der Waals surface area contributed by atoms with Crippen LogP contribution < -0.4 is 11.1 Å². The first-order valence-corrected chi connectivity index (χ1v) is 4.25. The zero-order valence-corrected chi connectivity index (χ0v) is 8.17. The van der Waals surface area contributed by atoms with Crippen LogP contribution in [0.5, 0.6) is 0 Å². The van der Waals surface area contributed by atoms with Crippen molar-refractivity contribution in [1.29, 1.82) is 0 Å². The number of rotatable bonds is 4. The van der Waals surface area contributed by atoms with Gasteiger partial charge in [0, 0.05) is 13.6 Å². The summed E-state index contributed by atoms with van der Waals surface area (Å²) in [5, 5.41) is 10.9. The van der Waals surface area contributed by atoms with Gasteiger partial charge >= 0.3 is 5.97 Å². The lowest BCUT2D eigenvalue weighted by Crippen LogP contribution is -2.42. The van der Waals surface area contributed by atoms with Gasteiger partial charge < -0.3 is 20.7 Å². The van der Waals surface area contributed by atoms with Crippen LogP contribution in [0.2, 0.25) is 0 Å². The highest BCUT2D eigenvalue weighted by atomic mass is 16.4. The molecular formula is C8H12N4O3. The molecule has 0 saturated heterocycles. The van der Waals surface area contributed by atoms with E-state index >= 15 is 0 Å². The fourth-order valence-corrected chi connectivity index (χ4v) is 0.957. The maximum Gasteiger partial charge on any atom is 0.322 e. The van der Waals surface area contributed by atoms with E-state index in [4.69, 9.17) is 10.8 Å². The predicted octanol–water partition coefficient (Wildman–Crippen LogP) is -1.44. The molecule has 0 radical (unpaired) electrons. The molecule has 1 aromatic rings. The number of aromatic nitrogens is 2. The number of nitrogens with one attached hydrogen (secondary N) is 1. The van der Waals surface area contributed by atoms with Crippen molar-refractivity contribution in [2.75, 3.05) is 6.54 Å². The van der Waals surface area contributed by atoms with Crippen LogP contribution in [-0.2, 0) is 11.8 Å². The molecule has 0 aromatic carbocycles. The summed E-state index contributed by atoms with van der Waals surface area (Å²) < 4.78 is 1.53. The van der Waals surface area contributed by atoms with Gasteiger partial charge in [-0.25, -0.2) is 4.98 Å². The van der Waals surface area contributed by atoms with Crippen LogP contribution in [0, 0.1) is 0 Å². The second-order valence-electron chi connectivity index (χ2n) is 3.04. The van der Waals surface area contributed by atoms with Crippen molar-refractivity contribution in [3.05, 3.63) is 18.2 Å².